The van der Waals surface area contributed by atoms with Crippen LogP contribution in [0.5, 0.6) is 0 Å². The Labute approximate surface area is 209 Å². The first-order valence-corrected chi connectivity index (χ1v) is 12.3. The van der Waals surface area contributed by atoms with Gasteiger partial charge in [-0.15, -0.1) is 0 Å². The maximum atomic E-state index is 14.7. The Morgan fingerprint density at radius 1 is 1.22 bits per heavy atom. The maximum Gasteiger partial charge on any atom is 0.257 e. The average Bonchev–Trinajstić information content (AvgIpc) is 3.35. The molecule has 0 radical (unpaired) electrons. The molecule has 1 saturated heterocycles. The van der Waals surface area contributed by atoms with E-state index in [0.717, 1.165) is 5.56 Å². The van der Waals surface area contributed by atoms with Crippen LogP contribution in [-0.4, -0.2) is 52.7 Å². The first kappa shape index (κ1) is 24.0. The summed E-state index contributed by atoms with van der Waals surface area (Å²) in [5, 5.41) is 12.9. The zero-order chi connectivity index (χ0) is 25.8. The highest BCUT2D eigenvalue weighted by molar-refractivity contribution is 6.07. The second-order valence-corrected chi connectivity index (χ2v) is 11.2. The predicted molar refractivity (Wildman–Crippen MR) is 131 cm³/mol. The lowest BCUT2D eigenvalue weighted by molar-refractivity contribution is -0.137. The molecule has 3 amide bonds. The van der Waals surface area contributed by atoms with Crippen LogP contribution in [0, 0.1) is 22.6 Å². The van der Waals surface area contributed by atoms with Crippen molar-refractivity contribution in [3.8, 4) is 6.07 Å². The molecule has 3 aliphatic rings. The van der Waals surface area contributed by atoms with Gasteiger partial charge in [-0.3, -0.25) is 14.4 Å². The van der Waals surface area contributed by atoms with Gasteiger partial charge in [-0.05, 0) is 41.5 Å². The summed E-state index contributed by atoms with van der Waals surface area (Å²) < 4.78 is 14.7. The van der Waals surface area contributed by atoms with E-state index in [0.29, 0.717) is 24.1 Å². The number of halogens is 1. The second kappa shape index (κ2) is 8.44. The SMILES string of the molecule is CC(C)(C)C[C@@H](C(=O)N1C[C@]2(C[C@H]1C#N)C(=O)Nc1ccccc12)N1CCc2cccc(F)c2C1=O. The number of hydrogen-bond donors (Lipinski definition) is 1. The van der Waals surface area contributed by atoms with Crippen LogP contribution in [0.4, 0.5) is 10.1 Å². The molecule has 7 nitrogen and oxygen atoms in total. The molecular weight excluding hydrogens is 459 g/mol. The van der Waals surface area contributed by atoms with E-state index >= 15 is 0 Å². The summed E-state index contributed by atoms with van der Waals surface area (Å²) >= 11 is 0. The minimum Gasteiger partial charge on any atom is -0.326 e. The lowest BCUT2D eigenvalue weighted by atomic mass is 9.80. The van der Waals surface area contributed by atoms with E-state index in [-0.39, 0.29) is 42.3 Å². The predicted octanol–water partition coefficient (Wildman–Crippen LogP) is 3.64. The number of carbonyl (C=O) groups is 3. The van der Waals surface area contributed by atoms with Crippen molar-refractivity contribution in [1.29, 1.82) is 5.26 Å². The maximum absolute atomic E-state index is 14.7. The fourth-order valence-corrected chi connectivity index (χ4v) is 5.89. The van der Waals surface area contributed by atoms with Crippen molar-refractivity contribution >= 4 is 23.4 Å². The highest BCUT2D eigenvalue weighted by Crippen LogP contribution is 2.46. The van der Waals surface area contributed by atoms with Crippen LogP contribution < -0.4 is 5.32 Å². The van der Waals surface area contributed by atoms with Crippen LogP contribution in [-0.2, 0) is 21.4 Å². The third kappa shape index (κ3) is 3.74. The lowest BCUT2D eigenvalue weighted by Gasteiger charge is -2.39. The molecule has 3 aliphatic heterocycles. The van der Waals surface area contributed by atoms with Gasteiger partial charge >= 0.3 is 0 Å². The minimum atomic E-state index is -1.01. The Balaban J connectivity index is 1.51. The molecule has 3 heterocycles. The third-order valence-corrected chi connectivity index (χ3v) is 7.58. The van der Waals surface area contributed by atoms with Crippen molar-refractivity contribution in [3.63, 3.8) is 0 Å². The van der Waals surface area contributed by atoms with Gasteiger partial charge in [0.15, 0.2) is 0 Å². The lowest BCUT2D eigenvalue weighted by Crippen LogP contribution is -2.55. The van der Waals surface area contributed by atoms with Gasteiger partial charge in [-0.25, -0.2) is 4.39 Å². The number of carbonyl (C=O) groups excluding carboxylic acids is 3. The monoisotopic (exact) mass is 488 g/mol. The number of nitrogens with zero attached hydrogens (tertiary/aromatic N) is 3. The number of anilines is 1. The summed E-state index contributed by atoms with van der Waals surface area (Å²) in [5.41, 5.74) is 0.777. The molecule has 1 fully saturated rings. The van der Waals surface area contributed by atoms with Crippen molar-refractivity contribution in [2.45, 2.75) is 57.5 Å². The van der Waals surface area contributed by atoms with Crippen molar-refractivity contribution in [1.82, 2.24) is 9.80 Å². The zero-order valence-corrected chi connectivity index (χ0v) is 20.7. The average molecular weight is 489 g/mol. The van der Waals surface area contributed by atoms with Crippen LogP contribution in [0.15, 0.2) is 42.5 Å². The third-order valence-electron chi connectivity index (χ3n) is 7.58. The largest absolute Gasteiger partial charge is 0.326 e. The number of benzene rings is 2. The number of hydrogen-bond acceptors (Lipinski definition) is 4. The summed E-state index contributed by atoms with van der Waals surface area (Å²) in [5.74, 6) is -1.71. The summed E-state index contributed by atoms with van der Waals surface area (Å²) in [7, 11) is 0. The van der Waals surface area contributed by atoms with E-state index in [1.165, 1.54) is 15.9 Å². The Bertz CT molecular complexity index is 1310. The number of para-hydroxylation sites is 1. The van der Waals surface area contributed by atoms with Gasteiger partial charge < -0.3 is 15.1 Å². The molecule has 5 rings (SSSR count). The van der Waals surface area contributed by atoms with Crippen molar-refractivity contribution < 1.29 is 18.8 Å². The molecule has 0 unspecified atom stereocenters. The molecule has 2 aromatic carbocycles. The molecule has 1 spiro atoms. The van der Waals surface area contributed by atoms with Gasteiger partial charge in [0.25, 0.3) is 5.91 Å². The number of nitrogens with one attached hydrogen (secondary N) is 1. The standard InChI is InChI=1S/C28H29FN4O3/c1-27(2,3)14-22(32-12-11-17-7-6-9-20(29)23(17)25(32)35)24(34)33-16-28(13-18(33)15-30)19-8-4-5-10-21(19)31-26(28)36/h4-10,18,22H,11-14,16H2,1-3H3,(H,31,36)/t18-,22-,28-/m0/s1. The number of nitriles is 1. The second-order valence-electron chi connectivity index (χ2n) is 11.2. The molecule has 0 aliphatic carbocycles. The Morgan fingerprint density at radius 3 is 2.69 bits per heavy atom. The normalized spacial score (nSPS) is 23.8. The Morgan fingerprint density at radius 2 is 1.97 bits per heavy atom. The van der Waals surface area contributed by atoms with E-state index < -0.39 is 29.2 Å². The zero-order valence-electron chi connectivity index (χ0n) is 20.7. The molecule has 8 heteroatoms. The van der Waals surface area contributed by atoms with E-state index in [2.05, 4.69) is 11.4 Å². The summed E-state index contributed by atoms with van der Waals surface area (Å²) in [6.45, 7) is 6.26. The molecule has 186 valence electrons. The van der Waals surface area contributed by atoms with E-state index in [4.69, 9.17) is 0 Å². The molecule has 0 aromatic heterocycles. The number of rotatable bonds is 3. The van der Waals surface area contributed by atoms with Crippen LogP contribution in [0.25, 0.3) is 0 Å². The number of likely N-dealkylation sites (tertiary alicyclic amines) is 1. The smallest absolute Gasteiger partial charge is 0.257 e. The fraction of sp³-hybridized carbons (Fsp3) is 0.429. The van der Waals surface area contributed by atoms with Crippen LogP contribution >= 0.6 is 0 Å². The van der Waals surface area contributed by atoms with E-state index in [9.17, 15) is 24.0 Å². The first-order chi connectivity index (χ1) is 17.1. The van der Waals surface area contributed by atoms with Gasteiger partial charge in [0.2, 0.25) is 11.8 Å². The van der Waals surface area contributed by atoms with Gasteiger partial charge in [0.05, 0.1) is 17.0 Å². The molecule has 0 bridgehead atoms. The molecule has 3 atom stereocenters. The van der Waals surface area contributed by atoms with Crippen molar-refractivity contribution in [2.75, 3.05) is 18.4 Å². The summed E-state index contributed by atoms with van der Waals surface area (Å²) in [6, 6.07) is 12.4. The fourth-order valence-electron chi connectivity index (χ4n) is 5.89. The van der Waals surface area contributed by atoms with Gasteiger partial charge in [-0.1, -0.05) is 51.1 Å². The minimum absolute atomic E-state index is 0.00860. The number of amides is 3. The van der Waals surface area contributed by atoms with Gasteiger partial charge in [0.1, 0.15) is 17.9 Å². The molecule has 36 heavy (non-hydrogen) atoms. The van der Waals surface area contributed by atoms with Crippen molar-refractivity contribution in [2.24, 2.45) is 5.41 Å². The molecule has 1 N–H and O–H groups in total. The van der Waals surface area contributed by atoms with Crippen LogP contribution in [0.3, 0.4) is 0 Å². The quantitative estimate of drug-likeness (QED) is 0.714. The highest BCUT2D eigenvalue weighted by atomic mass is 19.1. The summed E-state index contributed by atoms with van der Waals surface area (Å²) in [6.07, 6.45) is 0.964. The highest BCUT2D eigenvalue weighted by Gasteiger charge is 2.57. The summed E-state index contributed by atoms with van der Waals surface area (Å²) in [4.78, 5) is 43.7. The van der Waals surface area contributed by atoms with Gasteiger partial charge in [-0.2, -0.15) is 5.26 Å². The Kier molecular flexibility index (Phi) is 5.62. The van der Waals surface area contributed by atoms with E-state index in [1.807, 2.05) is 45.0 Å². The van der Waals surface area contributed by atoms with E-state index in [1.54, 1.807) is 12.1 Å². The van der Waals surface area contributed by atoms with Crippen LogP contribution in [0.1, 0.15) is 55.1 Å². The van der Waals surface area contributed by atoms with Crippen molar-refractivity contribution in [3.05, 3.63) is 65.0 Å². The number of fused-ring (bicyclic) bond motifs is 3. The molecule has 0 saturated carbocycles. The van der Waals surface area contributed by atoms with Gasteiger partial charge in [0, 0.05) is 25.2 Å². The molecular formula is C28H29FN4O3. The Hall–Kier alpha value is -3.73. The topological polar surface area (TPSA) is 93.5 Å². The molecule has 2 aromatic rings. The van der Waals surface area contributed by atoms with Crippen LogP contribution in [0.2, 0.25) is 0 Å². The first-order valence-electron chi connectivity index (χ1n) is 12.3.